The van der Waals surface area contributed by atoms with Gasteiger partial charge in [0.2, 0.25) is 0 Å². The van der Waals surface area contributed by atoms with E-state index < -0.39 is 0 Å². The normalized spacial score (nSPS) is 25.5. The van der Waals surface area contributed by atoms with Crippen molar-refractivity contribution in [1.29, 1.82) is 0 Å². The van der Waals surface area contributed by atoms with Crippen molar-refractivity contribution in [2.75, 3.05) is 20.1 Å². The molecule has 2 heterocycles. The number of carbonyl (C=O) groups excluding carboxylic acids is 1. The Morgan fingerprint density at radius 3 is 2.30 bits per heavy atom. The number of piperidine rings is 1. The summed E-state index contributed by atoms with van der Waals surface area (Å²) in [6, 6.07) is 6.89. The highest BCUT2D eigenvalue weighted by molar-refractivity contribution is 6.33. The number of halogens is 1. The lowest BCUT2D eigenvalue weighted by Gasteiger charge is -2.48. The van der Waals surface area contributed by atoms with Crippen LogP contribution in [-0.2, 0) is 5.41 Å². The van der Waals surface area contributed by atoms with Crippen LogP contribution in [-0.4, -0.2) is 47.9 Å². The summed E-state index contributed by atoms with van der Waals surface area (Å²) < 4.78 is 0. The van der Waals surface area contributed by atoms with Crippen LogP contribution in [0.4, 0.5) is 0 Å². The molecule has 2 atom stereocenters. The Kier molecular flexibility index (Phi) is 4.45. The summed E-state index contributed by atoms with van der Waals surface area (Å²) in [4.78, 5) is 17.4. The van der Waals surface area contributed by atoms with Gasteiger partial charge in [-0.05, 0) is 43.0 Å². The van der Waals surface area contributed by atoms with Gasteiger partial charge >= 0.3 is 0 Å². The number of likely N-dealkylation sites (N-methyl/N-ethyl adjacent to an activating group) is 1. The van der Waals surface area contributed by atoms with Crippen molar-refractivity contribution in [3.8, 4) is 0 Å². The van der Waals surface area contributed by atoms with E-state index in [9.17, 15) is 4.79 Å². The Labute approximate surface area is 144 Å². The SMILES string of the molecule is CN1[C@@H]2CCC[C@H]1CN(C(=O)c1ccc(C(C)(C)C)cc1Cl)C2. The van der Waals surface area contributed by atoms with Gasteiger partial charge in [0.25, 0.3) is 5.91 Å². The molecule has 0 saturated carbocycles. The quantitative estimate of drug-likeness (QED) is 0.776. The Morgan fingerprint density at radius 2 is 1.78 bits per heavy atom. The van der Waals surface area contributed by atoms with Crippen molar-refractivity contribution in [2.45, 2.75) is 57.5 Å². The lowest BCUT2D eigenvalue weighted by Crippen LogP contribution is -2.60. The fraction of sp³-hybridized carbons (Fsp3) is 0.632. The number of piperazine rings is 1. The molecule has 1 aromatic rings. The first-order chi connectivity index (χ1) is 10.8. The van der Waals surface area contributed by atoms with Crippen LogP contribution in [0.15, 0.2) is 18.2 Å². The summed E-state index contributed by atoms with van der Waals surface area (Å²) in [7, 11) is 2.20. The molecule has 3 rings (SSSR count). The van der Waals surface area contributed by atoms with Gasteiger partial charge in [-0.1, -0.05) is 44.9 Å². The van der Waals surface area contributed by atoms with Crippen LogP contribution in [0.1, 0.15) is 56.0 Å². The highest BCUT2D eigenvalue weighted by Crippen LogP contribution is 2.31. The highest BCUT2D eigenvalue weighted by atomic mass is 35.5. The molecule has 2 aliphatic rings. The molecule has 0 aliphatic carbocycles. The molecule has 0 radical (unpaired) electrons. The number of fused-ring (bicyclic) bond motifs is 2. The number of benzene rings is 1. The van der Waals surface area contributed by atoms with E-state index in [4.69, 9.17) is 11.6 Å². The fourth-order valence-electron chi connectivity index (χ4n) is 3.81. The number of amides is 1. The van der Waals surface area contributed by atoms with Gasteiger partial charge < -0.3 is 4.90 Å². The van der Waals surface area contributed by atoms with Gasteiger partial charge in [-0.2, -0.15) is 0 Å². The number of rotatable bonds is 1. The van der Waals surface area contributed by atoms with E-state index in [0.29, 0.717) is 22.7 Å². The van der Waals surface area contributed by atoms with E-state index in [2.05, 4.69) is 32.7 Å². The van der Waals surface area contributed by atoms with Crippen LogP contribution in [0.25, 0.3) is 0 Å². The third-order valence-electron chi connectivity index (χ3n) is 5.44. The standard InChI is InChI=1S/C19H27ClN2O/c1-19(2,3)13-8-9-16(17(20)10-13)18(23)22-11-14-6-5-7-15(12-22)21(14)4/h8-10,14-15H,5-7,11-12H2,1-4H3/t14-,15+. The third-order valence-corrected chi connectivity index (χ3v) is 5.75. The Bertz CT molecular complexity index is 594. The van der Waals surface area contributed by atoms with Crippen LogP contribution < -0.4 is 0 Å². The molecule has 23 heavy (non-hydrogen) atoms. The minimum Gasteiger partial charge on any atom is -0.335 e. The van der Waals surface area contributed by atoms with Crippen LogP contribution in [0, 0.1) is 0 Å². The number of hydrogen-bond donors (Lipinski definition) is 0. The first kappa shape index (κ1) is 16.8. The molecule has 0 aromatic heterocycles. The molecule has 2 bridgehead atoms. The number of nitrogens with zero attached hydrogens (tertiary/aromatic N) is 2. The summed E-state index contributed by atoms with van der Waals surface area (Å²) in [6.45, 7) is 8.11. The molecule has 0 unspecified atom stereocenters. The average Bonchev–Trinajstić information content (AvgIpc) is 2.45. The van der Waals surface area contributed by atoms with Gasteiger partial charge in [0.15, 0.2) is 0 Å². The third kappa shape index (κ3) is 3.27. The highest BCUT2D eigenvalue weighted by Gasteiger charge is 2.37. The molecular weight excluding hydrogens is 308 g/mol. The van der Waals surface area contributed by atoms with Crippen LogP contribution in [0.5, 0.6) is 0 Å². The van der Waals surface area contributed by atoms with Gasteiger partial charge in [0.1, 0.15) is 0 Å². The molecule has 1 aromatic carbocycles. The van der Waals surface area contributed by atoms with E-state index in [1.807, 2.05) is 23.1 Å². The molecule has 2 fully saturated rings. The number of carbonyl (C=O) groups is 1. The number of hydrogen-bond acceptors (Lipinski definition) is 2. The predicted molar refractivity (Wildman–Crippen MR) is 95.2 cm³/mol. The average molecular weight is 335 g/mol. The van der Waals surface area contributed by atoms with Crippen molar-refractivity contribution in [3.63, 3.8) is 0 Å². The second-order valence-electron chi connectivity index (χ2n) is 8.06. The smallest absolute Gasteiger partial charge is 0.255 e. The van der Waals surface area contributed by atoms with E-state index in [0.717, 1.165) is 18.7 Å². The van der Waals surface area contributed by atoms with Crippen molar-refractivity contribution in [1.82, 2.24) is 9.80 Å². The second-order valence-corrected chi connectivity index (χ2v) is 8.47. The fourth-order valence-corrected chi connectivity index (χ4v) is 4.07. The molecule has 0 N–H and O–H groups in total. The van der Waals surface area contributed by atoms with Crippen LogP contribution in [0.2, 0.25) is 5.02 Å². The van der Waals surface area contributed by atoms with E-state index in [1.54, 1.807) is 0 Å². The summed E-state index contributed by atoms with van der Waals surface area (Å²) in [6.07, 6.45) is 3.66. The van der Waals surface area contributed by atoms with Crippen molar-refractivity contribution in [3.05, 3.63) is 34.3 Å². The van der Waals surface area contributed by atoms with E-state index in [-0.39, 0.29) is 11.3 Å². The lowest BCUT2D eigenvalue weighted by atomic mass is 9.86. The predicted octanol–water partition coefficient (Wildman–Crippen LogP) is 3.95. The molecule has 1 amide bonds. The van der Waals surface area contributed by atoms with Crippen LogP contribution >= 0.6 is 11.6 Å². The minimum absolute atomic E-state index is 0.0378. The zero-order chi connectivity index (χ0) is 16.8. The molecule has 2 saturated heterocycles. The first-order valence-corrected chi connectivity index (χ1v) is 8.96. The molecule has 0 spiro atoms. The molecular formula is C19H27ClN2O. The molecule has 4 heteroatoms. The monoisotopic (exact) mass is 334 g/mol. The molecule has 3 nitrogen and oxygen atoms in total. The van der Waals surface area contributed by atoms with Gasteiger partial charge in [-0.3, -0.25) is 9.69 Å². The topological polar surface area (TPSA) is 23.6 Å². The van der Waals surface area contributed by atoms with Crippen molar-refractivity contribution < 1.29 is 4.79 Å². The van der Waals surface area contributed by atoms with E-state index in [1.165, 1.54) is 19.3 Å². The van der Waals surface area contributed by atoms with E-state index >= 15 is 0 Å². The summed E-state index contributed by atoms with van der Waals surface area (Å²) >= 11 is 6.44. The Hall–Kier alpha value is -1.06. The lowest BCUT2D eigenvalue weighted by molar-refractivity contribution is 0.0111. The maximum atomic E-state index is 12.9. The van der Waals surface area contributed by atoms with Gasteiger partial charge in [0.05, 0.1) is 10.6 Å². The first-order valence-electron chi connectivity index (χ1n) is 8.58. The largest absolute Gasteiger partial charge is 0.335 e. The van der Waals surface area contributed by atoms with Gasteiger partial charge in [0, 0.05) is 25.2 Å². The van der Waals surface area contributed by atoms with Crippen molar-refractivity contribution >= 4 is 17.5 Å². The molecule has 2 aliphatic heterocycles. The zero-order valence-electron chi connectivity index (χ0n) is 14.6. The summed E-state index contributed by atoms with van der Waals surface area (Å²) in [5, 5.41) is 0.575. The number of likely N-dealkylation sites (tertiary alicyclic amines) is 1. The maximum Gasteiger partial charge on any atom is 0.255 e. The molecule has 126 valence electrons. The maximum absolute atomic E-state index is 12.9. The second kappa shape index (κ2) is 6.10. The zero-order valence-corrected chi connectivity index (χ0v) is 15.4. The minimum atomic E-state index is 0.0378. The Balaban J connectivity index is 1.81. The summed E-state index contributed by atoms with van der Waals surface area (Å²) in [5.41, 5.74) is 1.84. The van der Waals surface area contributed by atoms with Crippen molar-refractivity contribution in [2.24, 2.45) is 0 Å². The summed E-state index contributed by atoms with van der Waals surface area (Å²) in [5.74, 6) is 0.0838. The van der Waals surface area contributed by atoms with Gasteiger partial charge in [-0.15, -0.1) is 0 Å². The van der Waals surface area contributed by atoms with Gasteiger partial charge in [-0.25, -0.2) is 0 Å². The Morgan fingerprint density at radius 1 is 1.17 bits per heavy atom. The van der Waals surface area contributed by atoms with Crippen LogP contribution in [0.3, 0.4) is 0 Å².